The molecule has 1 saturated heterocycles. The van der Waals surface area contributed by atoms with Crippen LogP contribution in [0.2, 0.25) is 0 Å². The zero-order chi connectivity index (χ0) is 17.9. The van der Waals surface area contributed by atoms with Crippen LogP contribution in [0, 0.1) is 0 Å². The van der Waals surface area contributed by atoms with Gasteiger partial charge in [0.25, 0.3) is 0 Å². The van der Waals surface area contributed by atoms with Crippen molar-refractivity contribution >= 4 is 6.09 Å². The van der Waals surface area contributed by atoms with Gasteiger partial charge in [-0.15, -0.1) is 0 Å². The minimum absolute atomic E-state index is 0.0384. The number of methoxy groups -OCH3 is 2. The van der Waals surface area contributed by atoms with Crippen molar-refractivity contribution < 1.29 is 24.1 Å². The summed E-state index contributed by atoms with van der Waals surface area (Å²) in [5.74, 6) is 0.629. The number of nitrogens with one attached hydrogen (secondary N) is 1. The predicted octanol–water partition coefficient (Wildman–Crippen LogP) is 2.29. The zero-order valence-corrected chi connectivity index (χ0v) is 14.9. The fourth-order valence-electron chi connectivity index (χ4n) is 2.58. The first-order chi connectivity index (χ1) is 11.2. The second kappa shape index (κ2) is 7.17. The number of carbonyl (C=O) groups excluding carboxylic acids is 1. The van der Waals surface area contributed by atoms with E-state index in [9.17, 15) is 9.90 Å². The van der Waals surface area contributed by atoms with E-state index in [0.717, 1.165) is 5.56 Å². The van der Waals surface area contributed by atoms with Gasteiger partial charge in [-0.25, -0.2) is 4.79 Å². The fraction of sp³-hybridized carbons (Fsp3) is 0.588. The largest absolute Gasteiger partial charge is 0.502 e. The molecule has 1 aromatic carbocycles. The second-order valence-electron chi connectivity index (χ2n) is 6.71. The number of benzene rings is 1. The third-order valence-electron chi connectivity index (χ3n) is 3.73. The zero-order valence-electron chi connectivity index (χ0n) is 14.9. The normalized spacial score (nSPS) is 18.2. The van der Waals surface area contributed by atoms with E-state index in [4.69, 9.17) is 14.2 Å². The van der Waals surface area contributed by atoms with Crippen molar-refractivity contribution in [2.24, 2.45) is 0 Å². The van der Waals surface area contributed by atoms with Crippen molar-refractivity contribution in [3.8, 4) is 17.2 Å². The monoisotopic (exact) mass is 338 g/mol. The summed E-state index contributed by atoms with van der Waals surface area (Å²) >= 11 is 0. The third kappa shape index (κ3) is 4.23. The van der Waals surface area contributed by atoms with Gasteiger partial charge >= 0.3 is 6.09 Å². The smallest absolute Gasteiger partial charge is 0.410 e. The van der Waals surface area contributed by atoms with Crippen LogP contribution in [-0.2, 0) is 4.74 Å². The molecule has 1 unspecified atom stereocenters. The van der Waals surface area contributed by atoms with E-state index in [1.54, 1.807) is 17.0 Å². The number of piperazine rings is 1. The van der Waals surface area contributed by atoms with Gasteiger partial charge in [-0.1, -0.05) is 0 Å². The SMILES string of the molecule is COc1cc(C2CN(C(=O)OC(C)(C)C)CCN2)cc(OC)c1O. The van der Waals surface area contributed by atoms with Crippen molar-refractivity contribution in [3.05, 3.63) is 17.7 Å². The first-order valence-corrected chi connectivity index (χ1v) is 7.91. The molecule has 1 fully saturated rings. The summed E-state index contributed by atoms with van der Waals surface area (Å²) in [6.45, 7) is 7.24. The minimum Gasteiger partial charge on any atom is -0.502 e. The molecule has 7 heteroatoms. The molecule has 2 rings (SSSR count). The Kier molecular flexibility index (Phi) is 5.43. The number of nitrogens with zero attached hydrogens (tertiary/aromatic N) is 1. The van der Waals surface area contributed by atoms with Gasteiger partial charge in [0.2, 0.25) is 5.75 Å². The summed E-state index contributed by atoms with van der Waals surface area (Å²) in [6, 6.07) is 3.39. The number of hydrogen-bond donors (Lipinski definition) is 2. The van der Waals surface area contributed by atoms with Crippen LogP contribution in [0.15, 0.2) is 12.1 Å². The molecule has 134 valence electrons. The maximum Gasteiger partial charge on any atom is 0.410 e. The first kappa shape index (κ1) is 18.2. The van der Waals surface area contributed by atoms with Crippen LogP contribution >= 0.6 is 0 Å². The van der Waals surface area contributed by atoms with Crippen LogP contribution in [0.3, 0.4) is 0 Å². The van der Waals surface area contributed by atoms with Crippen molar-refractivity contribution in [2.45, 2.75) is 32.4 Å². The molecular formula is C17H26N2O5. The Bertz CT molecular complexity index is 572. The Balaban J connectivity index is 2.19. The molecule has 1 aliphatic heterocycles. The number of hydrogen-bond acceptors (Lipinski definition) is 6. The lowest BCUT2D eigenvalue weighted by Crippen LogP contribution is -2.49. The van der Waals surface area contributed by atoms with E-state index in [-0.39, 0.29) is 17.9 Å². The van der Waals surface area contributed by atoms with Gasteiger partial charge in [0.1, 0.15) is 5.60 Å². The Morgan fingerprint density at radius 3 is 2.33 bits per heavy atom. The number of phenols is 1. The number of aromatic hydroxyl groups is 1. The van der Waals surface area contributed by atoms with E-state index >= 15 is 0 Å². The highest BCUT2D eigenvalue weighted by molar-refractivity contribution is 5.68. The van der Waals surface area contributed by atoms with Crippen LogP contribution in [0.4, 0.5) is 4.79 Å². The summed E-state index contributed by atoms with van der Waals surface area (Å²) < 4.78 is 15.8. The predicted molar refractivity (Wildman–Crippen MR) is 89.8 cm³/mol. The molecule has 0 bridgehead atoms. The van der Waals surface area contributed by atoms with E-state index in [1.165, 1.54) is 14.2 Å². The van der Waals surface area contributed by atoms with E-state index in [1.807, 2.05) is 20.8 Å². The number of amides is 1. The molecule has 0 saturated carbocycles. The van der Waals surface area contributed by atoms with Crippen molar-refractivity contribution in [3.63, 3.8) is 0 Å². The van der Waals surface area contributed by atoms with Crippen molar-refractivity contribution in [1.82, 2.24) is 10.2 Å². The first-order valence-electron chi connectivity index (χ1n) is 7.91. The molecule has 1 atom stereocenters. The lowest BCUT2D eigenvalue weighted by Gasteiger charge is -2.35. The molecule has 0 aliphatic carbocycles. The Labute approximate surface area is 142 Å². The highest BCUT2D eigenvalue weighted by atomic mass is 16.6. The van der Waals surface area contributed by atoms with Crippen LogP contribution in [0.1, 0.15) is 32.4 Å². The van der Waals surface area contributed by atoms with Crippen molar-refractivity contribution in [2.75, 3.05) is 33.9 Å². The highest BCUT2D eigenvalue weighted by Gasteiger charge is 2.29. The van der Waals surface area contributed by atoms with E-state index in [0.29, 0.717) is 31.1 Å². The molecule has 1 aromatic rings. The highest BCUT2D eigenvalue weighted by Crippen LogP contribution is 2.39. The van der Waals surface area contributed by atoms with Gasteiger partial charge in [-0.2, -0.15) is 0 Å². The lowest BCUT2D eigenvalue weighted by molar-refractivity contribution is 0.0195. The Morgan fingerprint density at radius 2 is 1.83 bits per heavy atom. The lowest BCUT2D eigenvalue weighted by atomic mass is 10.0. The molecule has 1 amide bonds. The molecule has 7 nitrogen and oxygen atoms in total. The average molecular weight is 338 g/mol. The summed E-state index contributed by atoms with van der Waals surface area (Å²) in [6.07, 6.45) is -0.327. The molecular weight excluding hydrogens is 312 g/mol. The quantitative estimate of drug-likeness (QED) is 0.880. The summed E-state index contributed by atoms with van der Waals surface area (Å²) in [4.78, 5) is 14.0. The number of carbonyl (C=O) groups is 1. The van der Waals surface area contributed by atoms with E-state index in [2.05, 4.69) is 5.32 Å². The molecule has 0 radical (unpaired) electrons. The van der Waals surface area contributed by atoms with Gasteiger partial charge in [-0.3, -0.25) is 0 Å². The second-order valence-corrected chi connectivity index (χ2v) is 6.71. The van der Waals surface area contributed by atoms with Crippen LogP contribution in [-0.4, -0.2) is 55.6 Å². The fourth-order valence-corrected chi connectivity index (χ4v) is 2.58. The van der Waals surface area contributed by atoms with E-state index < -0.39 is 5.60 Å². The molecule has 0 spiro atoms. The molecule has 24 heavy (non-hydrogen) atoms. The Morgan fingerprint density at radius 1 is 1.25 bits per heavy atom. The molecule has 1 aliphatic rings. The van der Waals surface area contributed by atoms with Gasteiger partial charge < -0.3 is 29.5 Å². The summed E-state index contributed by atoms with van der Waals surface area (Å²) in [5.41, 5.74) is 0.345. The molecule has 2 N–H and O–H groups in total. The summed E-state index contributed by atoms with van der Waals surface area (Å²) in [7, 11) is 2.97. The number of phenolic OH excluding ortho intramolecular Hbond substituents is 1. The Hall–Kier alpha value is -2.15. The van der Waals surface area contributed by atoms with Gasteiger partial charge in [0.05, 0.1) is 20.3 Å². The van der Waals surface area contributed by atoms with Crippen LogP contribution in [0.5, 0.6) is 17.2 Å². The topological polar surface area (TPSA) is 80.3 Å². The standard InChI is InChI=1S/C17H26N2O5/c1-17(2,3)24-16(21)19-7-6-18-12(10-19)11-8-13(22-4)15(20)14(9-11)23-5/h8-9,12,18,20H,6-7,10H2,1-5H3. The van der Waals surface area contributed by atoms with Crippen molar-refractivity contribution in [1.29, 1.82) is 0 Å². The third-order valence-corrected chi connectivity index (χ3v) is 3.73. The maximum atomic E-state index is 12.3. The number of rotatable bonds is 3. The maximum absolute atomic E-state index is 12.3. The van der Waals surface area contributed by atoms with Crippen LogP contribution < -0.4 is 14.8 Å². The molecule has 1 heterocycles. The van der Waals surface area contributed by atoms with Gasteiger partial charge in [0, 0.05) is 19.6 Å². The minimum atomic E-state index is -0.525. The number of ether oxygens (including phenoxy) is 3. The van der Waals surface area contributed by atoms with Crippen LogP contribution in [0.25, 0.3) is 0 Å². The summed E-state index contributed by atoms with van der Waals surface area (Å²) in [5, 5.41) is 13.4. The molecule has 0 aromatic heterocycles. The van der Waals surface area contributed by atoms with Gasteiger partial charge in [0.15, 0.2) is 11.5 Å². The average Bonchev–Trinajstić information content (AvgIpc) is 2.53. The van der Waals surface area contributed by atoms with Gasteiger partial charge in [-0.05, 0) is 38.5 Å².